The van der Waals surface area contributed by atoms with Gasteiger partial charge >= 0.3 is 0 Å². The minimum atomic E-state index is -0.404. The first-order valence-corrected chi connectivity index (χ1v) is 9.39. The zero-order valence-corrected chi connectivity index (χ0v) is 16.9. The predicted octanol–water partition coefficient (Wildman–Crippen LogP) is 5.09. The second-order valence-corrected chi connectivity index (χ2v) is 6.74. The van der Waals surface area contributed by atoms with Gasteiger partial charge in [-0.25, -0.2) is 0 Å². The number of ether oxygens (including phenoxy) is 1. The van der Waals surface area contributed by atoms with Gasteiger partial charge in [-0.15, -0.1) is 0 Å². The van der Waals surface area contributed by atoms with Crippen LogP contribution in [-0.2, 0) is 0 Å². The Morgan fingerprint density at radius 3 is 2.46 bits per heavy atom. The van der Waals surface area contributed by atoms with Crippen LogP contribution in [0.15, 0.2) is 59.0 Å². The molecule has 0 aliphatic rings. The number of carbonyl (C=O) groups is 1. The Kier molecular flexibility index (Phi) is 6.11. The Morgan fingerprint density at radius 1 is 1.04 bits per heavy atom. The fraction of sp³-hybridized carbons (Fsp3) is 0.182. The van der Waals surface area contributed by atoms with Crippen molar-refractivity contribution in [3.05, 3.63) is 71.5 Å². The van der Waals surface area contributed by atoms with E-state index >= 15 is 0 Å². The summed E-state index contributed by atoms with van der Waals surface area (Å²) in [5.74, 6) is 1.21. The molecule has 0 saturated heterocycles. The molecule has 28 heavy (non-hydrogen) atoms. The minimum Gasteiger partial charge on any atom is -0.494 e. The number of furan rings is 1. The van der Waals surface area contributed by atoms with Crippen LogP contribution >= 0.6 is 12.2 Å². The van der Waals surface area contributed by atoms with Crippen molar-refractivity contribution in [3.63, 3.8) is 0 Å². The summed E-state index contributed by atoms with van der Waals surface area (Å²) in [6, 6.07) is 16.8. The monoisotopic (exact) mass is 394 g/mol. The number of thiocarbonyl (C=S) groups is 1. The number of hydrogen-bond acceptors (Lipinski definition) is 4. The zero-order valence-electron chi connectivity index (χ0n) is 16.0. The highest BCUT2D eigenvalue weighted by Gasteiger charge is 2.14. The molecule has 144 valence electrons. The van der Waals surface area contributed by atoms with Crippen LogP contribution in [0.4, 0.5) is 5.69 Å². The lowest BCUT2D eigenvalue weighted by molar-refractivity contribution is 0.0951. The van der Waals surface area contributed by atoms with Crippen molar-refractivity contribution in [2.75, 3.05) is 11.9 Å². The standard InChI is InChI=1S/C22H22N2O3S/c1-4-26-18-9-7-17(8-10-18)23-22(28)24-21(25)20-12-11-19(27-20)16-6-5-14(2)15(3)13-16/h5-13H,4H2,1-3H3,(H2,23,24,25,28). The van der Waals surface area contributed by atoms with Crippen LogP contribution in [-0.4, -0.2) is 17.6 Å². The molecular weight excluding hydrogens is 372 g/mol. The lowest BCUT2D eigenvalue weighted by atomic mass is 10.1. The van der Waals surface area contributed by atoms with Crippen molar-refractivity contribution in [1.29, 1.82) is 0 Å². The van der Waals surface area contributed by atoms with Gasteiger partial charge in [-0.1, -0.05) is 12.1 Å². The van der Waals surface area contributed by atoms with Gasteiger partial charge in [-0.3, -0.25) is 10.1 Å². The third-order valence-electron chi connectivity index (χ3n) is 4.27. The minimum absolute atomic E-state index is 0.193. The second kappa shape index (κ2) is 8.71. The van der Waals surface area contributed by atoms with Crippen LogP contribution in [0.3, 0.4) is 0 Å². The Labute approximate surface area is 169 Å². The van der Waals surface area contributed by atoms with E-state index in [1.165, 1.54) is 11.1 Å². The first-order valence-electron chi connectivity index (χ1n) is 8.99. The van der Waals surface area contributed by atoms with Crippen molar-refractivity contribution < 1.29 is 13.9 Å². The van der Waals surface area contributed by atoms with E-state index < -0.39 is 5.91 Å². The molecule has 0 unspecified atom stereocenters. The largest absolute Gasteiger partial charge is 0.494 e. The van der Waals surface area contributed by atoms with Crippen molar-refractivity contribution >= 4 is 28.9 Å². The number of aryl methyl sites for hydroxylation is 2. The normalized spacial score (nSPS) is 10.4. The van der Waals surface area contributed by atoms with Crippen LogP contribution < -0.4 is 15.4 Å². The van der Waals surface area contributed by atoms with Gasteiger partial charge in [0.05, 0.1) is 6.61 Å². The van der Waals surface area contributed by atoms with E-state index in [2.05, 4.69) is 17.6 Å². The van der Waals surface area contributed by atoms with Crippen molar-refractivity contribution in [2.45, 2.75) is 20.8 Å². The summed E-state index contributed by atoms with van der Waals surface area (Å²) >= 11 is 5.21. The molecule has 2 N–H and O–H groups in total. The summed E-state index contributed by atoms with van der Waals surface area (Å²) in [6.45, 7) is 6.63. The van der Waals surface area contributed by atoms with Crippen LogP contribution in [0, 0.1) is 13.8 Å². The van der Waals surface area contributed by atoms with Gasteiger partial charge in [0.25, 0.3) is 5.91 Å². The van der Waals surface area contributed by atoms with E-state index in [4.69, 9.17) is 21.4 Å². The molecule has 0 spiro atoms. The van der Waals surface area contributed by atoms with Crippen molar-refractivity contribution in [3.8, 4) is 17.1 Å². The molecule has 1 heterocycles. The van der Waals surface area contributed by atoms with Crippen molar-refractivity contribution in [1.82, 2.24) is 5.32 Å². The molecule has 0 atom stereocenters. The van der Waals surface area contributed by atoms with Crippen LogP contribution in [0.1, 0.15) is 28.6 Å². The Balaban J connectivity index is 1.62. The number of carbonyl (C=O) groups excluding carboxylic acids is 1. The number of amides is 1. The van der Waals surface area contributed by atoms with E-state index in [0.29, 0.717) is 12.4 Å². The zero-order chi connectivity index (χ0) is 20.1. The third kappa shape index (κ3) is 4.78. The maximum atomic E-state index is 12.4. The average molecular weight is 394 g/mol. The summed E-state index contributed by atoms with van der Waals surface area (Å²) in [5, 5.41) is 5.79. The molecule has 0 fully saturated rings. The second-order valence-electron chi connectivity index (χ2n) is 6.33. The van der Waals surface area contributed by atoms with Gasteiger partial charge in [0.15, 0.2) is 10.9 Å². The molecule has 0 radical (unpaired) electrons. The highest BCUT2D eigenvalue weighted by Crippen LogP contribution is 2.24. The highest BCUT2D eigenvalue weighted by molar-refractivity contribution is 7.80. The Hall–Kier alpha value is -3.12. The smallest absolute Gasteiger partial charge is 0.293 e. The Bertz CT molecular complexity index is 993. The fourth-order valence-corrected chi connectivity index (χ4v) is 2.85. The SMILES string of the molecule is CCOc1ccc(NC(=S)NC(=O)c2ccc(-c3ccc(C)c(C)c3)o2)cc1. The van der Waals surface area contributed by atoms with Gasteiger partial charge < -0.3 is 14.5 Å². The molecule has 0 aliphatic heterocycles. The molecule has 0 bridgehead atoms. The van der Waals surface area contributed by atoms with Gasteiger partial charge in [-0.05, 0) is 86.6 Å². The van der Waals surface area contributed by atoms with E-state index in [1.54, 1.807) is 12.1 Å². The van der Waals surface area contributed by atoms with Gasteiger partial charge in [0.2, 0.25) is 0 Å². The van der Waals surface area contributed by atoms with E-state index in [1.807, 2.05) is 56.3 Å². The van der Waals surface area contributed by atoms with E-state index in [9.17, 15) is 4.79 Å². The number of rotatable bonds is 5. The summed E-state index contributed by atoms with van der Waals surface area (Å²) < 4.78 is 11.1. The lowest BCUT2D eigenvalue weighted by Gasteiger charge is -2.09. The number of hydrogen-bond donors (Lipinski definition) is 2. The van der Waals surface area contributed by atoms with Gasteiger partial charge in [0, 0.05) is 11.3 Å². The lowest BCUT2D eigenvalue weighted by Crippen LogP contribution is -2.33. The molecular formula is C22H22N2O3S. The molecule has 5 nitrogen and oxygen atoms in total. The maximum Gasteiger partial charge on any atom is 0.293 e. The molecule has 0 saturated carbocycles. The number of anilines is 1. The van der Waals surface area contributed by atoms with Crippen LogP contribution in [0.5, 0.6) is 5.75 Å². The molecule has 1 aromatic heterocycles. The van der Waals surface area contributed by atoms with E-state index in [-0.39, 0.29) is 10.9 Å². The average Bonchev–Trinajstić information content (AvgIpc) is 3.16. The molecule has 2 aromatic carbocycles. The third-order valence-corrected chi connectivity index (χ3v) is 4.48. The number of nitrogens with one attached hydrogen (secondary N) is 2. The summed E-state index contributed by atoms with van der Waals surface area (Å²) in [6.07, 6.45) is 0. The highest BCUT2D eigenvalue weighted by atomic mass is 32.1. The first kappa shape index (κ1) is 19.6. The summed E-state index contributed by atoms with van der Waals surface area (Å²) in [7, 11) is 0. The summed E-state index contributed by atoms with van der Waals surface area (Å²) in [5.41, 5.74) is 4.06. The van der Waals surface area contributed by atoms with E-state index in [0.717, 1.165) is 17.0 Å². The summed E-state index contributed by atoms with van der Waals surface area (Å²) in [4.78, 5) is 12.4. The van der Waals surface area contributed by atoms with Gasteiger partial charge in [-0.2, -0.15) is 0 Å². The molecule has 6 heteroatoms. The van der Waals surface area contributed by atoms with Crippen molar-refractivity contribution in [2.24, 2.45) is 0 Å². The topological polar surface area (TPSA) is 63.5 Å². The van der Waals surface area contributed by atoms with Crippen LogP contribution in [0.2, 0.25) is 0 Å². The fourth-order valence-electron chi connectivity index (χ4n) is 2.64. The molecule has 0 aliphatic carbocycles. The maximum absolute atomic E-state index is 12.4. The first-order chi connectivity index (χ1) is 13.5. The molecule has 3 rings (SSSR count). The van der Waals surface area contributed by atoms with Gasteiger partial charge in [0.1, 0.15) is 11.5 Å². The Morgan fingerprint density at radius 2 is 1.79 bits per heavy atom. The molecule has 3 aromatic rings. The quantitative estimate of drug-likeness (QED) is 0.590. The van der Waals surface area contributed by atoms with Crippen LogP contribution in [0.25, 0.3) is 11.3 Å². The number of benzene rings is 2. The predicted molar refractivity (Wildman–Crippen MR) is 115 cm³/mol. The molecule has 1 amide bonds.